The van der Waals surface area contributed by atoms with Crippen LogP contribution in [-0.2, 0) is 4.79 Å². The zero-order valence-electron chi connectivity index (χ0n) is 15.8. The molecule has 1 aliphatic rings. The number of anilines is 2. The molecule has 0 unspecified atom stereocenters. The number of benzene rings is 2. The highest BCUT2D eigenvalue weighted by atomic mass is 16.2. The van der Waals surface area contributed by atoms with Gasteiger partial charge in [-0.3, -0.25) is 9.69 Å². The maximum atomic E-state index is 12.9. The van der Waals surface area contributed by atoms with Gasteiger partial charge in [0, 0.05) is 44.1 Å². The average Bonchev–Trinajstić information content (AvgIpc) is 2.70. The number of rotatable bonds is 6. The number of nitrogens with zero attached hydrogens (tertiary/aromatic N) is 4. The molecule has 0 N–H and O–H groups in total. The number of piperazine rings is 1. The maximum Gasteiger partial charge on any atom is 0.241 e. The van der Waals surface area contributed by atoms with Crippen LogP contribution in [-0.4, -0.2) is 50.1 Å². The van der Waals surface area contributed by atoms with Crippen molar-refractivity contribution < 1.29 is 4.79 Å². The zero-order chi connectivity index (χ0) is 19.1. The highest BCUT2D eigenvalue weighted by Gasteiger charge is 2.22. The molecule has 140 valence electrons. The Bertz CT molecular complexity index is 791. The van der Waals surface area contributed by atoms with Crippen LogP contribution in [0.3, 0.4) is 0 Å². The lowest BCUT2D eigenvalue weighted by Crippen LogP contribution is -2.50. The van der Waals surface area contributed by atoms with E-state index in [4.69, 9.17) is 5.26 Å². The monoisotopic (exact) mass is 362 g/mol. The van der Waals surface area contributed by atoms with Crippen LogP contribution < -0.4 is 9.80 Å². The van der Waals surface area contributed by atoms with E-state index in [1.54, 1.807) is 4.90 Å². The largest absolute Gasteiger partial charge is 0.369 e. The number of hydrogen-bond donors (Lipinski definition) is 0. The van der Waals surface area contributed by atoms with Gasteiger partial charge in [0.2, 0.25) is 5.91 Å². The summed E-state index contributed by atoms with van der Waals surface area (Å²) in [5, 5.41) is 8.92. The number of nitriles is 1. The van der Waals surface area contributed by atoms with Crippen LogP contribution in [0.25, 0.3) is 0 Å². The van der Waals surface area contributed by atoms with E-state index in [0.717, 1.165) is 31.9 Å². The van der Waals surface area contributed by atoms with Gasteiger partial charge in [0.15, 0.2) is 0 Å². The number of para-hydroxylation sites is 1. The Kier molecular flexibility index (Phi) is 6.45. The SMILES string of the molecule is Cc1cccc(N2CCN(CC(=O)N(CCC#N)c3ccccc3)CC2)c1. The fraction of sp³-hybridized carbons (Fsp3) is 0.364. The normalized spacial score (nSPS) is 14.6. The molecule has 2 aromatic carbocycles. The van der Waals surface area contributed by atoms with Gasteiger partial charge in [-0.15, -0.1) is 0 Å². The van der Waals surface area contributed by atoms with Gasteiger partial charge in [0.1, 0.15) is 0 Å². The molecule has 5 heteroatoms. The summed E-state index contributed by atoms with van der Waals surface area (Å²) in [6, 6.07) is 20.3. The Morgan fingerprint density at radius 3 is 2.48 bits per heavy atom. The molecule has 1 saturated heterocycles. The van der Waals surface area contributed by atoms with E-state index < -0.39 is 0 Å². The third kappa shape index (κ3) is 5.08. The molecule has 0 aliphatic carbocycles. The summed E-state index contributed by atoms with van der Waals surface area (Å²) in [6.45, 7) is 6.49. The van der Waals surface area contributed by atoms with Crippen LogP contribution in [0, 0.1) is 18.3 Å². The molecule has 0 atom stereocenters. The molecular formula is C22H26N4O. The van der Waals surface area contributed by atoms with Crippen LogP contribution in [0.1, 0.15) is 12.0 Å². The molecule has 1 aliphatic heterocycles. The molecule has 2 aromatic rings. The van der Waals surface area contributed by atoms with Crippen LogP contribution in [0.15, 0.2) is 54.6 Å². The predicted octanol–water partition coefficient (Wildman–Crippen LogP) is 3.06. The summed E-state index contributed by atoms with van der Waals surface area (Å²) in [6.07, 6.45) is 0.335. The third-order valence-corrected chi connectivity index (χ3v) is 4.91. The molecule has 5 nitrogen and oxygen atoms in total. The lowest BCUT2D eigenvalue weighted by Gasteiger charge is -2.36. The van der Waals surface area contributed by atoms with Crippen molar-refractivity contribution in [3.63, 3.8) is 0 Å². The van der Waals surface area contributed by atoms with Crippen molar-refractivity contribution in [2.45, 2.75) is 13.3 Å². The minimum absolute atomic E-state index is 0.0560. The van der Waals surface area contributed by atoms with Crippen molar-refractivity contribution >= 4 is 17.3 Å². The number of carbonyl (C=O) groups excluding carboxylic acids is 1. The minimum Gasteiger partial charge on any atom is -0.369 e. The van der Waals surface area contributed by atoms with E-state index in [2.05, 4.69) is 47.1 Å². The first kappa shape index (κ1) is 18.9. The fourth-order valence-electron chi connectivity index (χ4n) is 3.43. The van der Waals surface area contributed by atoms with Crippen molar-refractivity contribution in [1.29, 1.82) is 5.26 Å². The van der Waals surface area contributed by atoms with Crippen LogP contribution in [0.2, 0.25) is 0 Å². The van der Waals surface area contributed by atoms with E-state index in [1.807, 2.05) is 30.3 Å². The predicted molar refractivity (Wildman–Crippen MR) is 109 cm³/mol. The van der Waals surface area contributed by atoms with Gasteiger partial charge in [-0.05, 0) is 36.8 Å². The van der Waals surface area contributed by atoms with Gasteiger partial charge in [-0.25, -0.2) is 0 Å². The van der Waals surface area contributed by atoms with E-state index in [0.29, 0.717) is 19.5 Å². The second kappa shape index (κ2) is 9.20. The van der Waals surface area contributed by atoms with Crippen molar-refractivity contribution in [3.8, 4) is 6.07 Å². The quantitative estimate of drug-likeness (QED) is 0.792. The minimum atomic E-state index is 0.0560. The van der Waals surface area contributed by atoms with Crippen molar-refractivity contribution in [3.05, 3.63) is 60.2 Å². The van der Waals surface area contributed by atoms with E-state index >= 15 is 0 Å². The second-order valence-corrected chi connectivity index (χ2v) is 6.89. The number of carbonyl (C=O) groups is 1. The number of amides is 1. The van der Waals surface area contributed by atoms with Crippen LogP contribution in [0.5, 0.6) is 0 Å². The van der Waals surface area contributed by atoms with Crippen molar-refractivity contribution in [2.75, 3.05) is 49.1 Å². The third-order valence-electron chi connectivity index (χ3n) is 4.91. The molecule has 1 amide bonds. The number of hydrogen-bond acceptors (Lipinski definition) is 4. The van der Waals surface area contributed by atoms with E-state index in [-0.39, 0.29) is 5.91 Å². The summed E-state index contributed by atoms with van der Waals surface area (Å²) in [5.74, 6) is 0.0560. The maximum absolute atomic E-state index is 12.9. The van der Waals surface area contributed by atoms with Gasteiger partial charge < -0.3 is 9.80 Å². The van der Waals surface area contributed by atoms with Gasteiger partial charge in [0.05, 0.1) is 19.0 Å². The van der Waals surface area contributed by atoms with Gasteiger partial charge in [-0.2, -0.15) is 5.26 Å². The van der Waals surface area contributed by atoms with Crippen molar-refractivity contribution in [1.82, 2.24) is 4.90 Å². The standard InChI is InChI=1S/C22H26N4O/c1-19-7-5-10-21(17-19)25-15-13-24(14-16-25)18-22(27)26(12-6-11-23)20-8-3-2-4-9-20/h2-5,7-10,17H,6,12-16,18H2,1H3. The Balaban J connectivity index is 1.58. The van der Waals surface area contributed by atoms with Gasteiger partial charge in [-0.1, -0.05) is 30.3 Å². The Labute approximate surface area is 161 Å². The first-order valence-corrected chi connectivity index (χ1v) is 9.44. The molecule has 0 aromatic heterocycles. The fourth-order valence-corrected chi connectivity index (χ4v) is 3.43. The average molecular weight is 362 g/mol. The highest BCUT2D eigenvalue weighted by Crippen LogP contribution is 2.19. The molecule has 0 radical (unpaired) electrons. The molecule has 0 spiro atoms. The smallest absolute Gasteiger partial charge is 0.241 e. The van der Waals surface area contributed by atoms with Crippen LogP contribution >= 0.6 is 0 Å². The first-order chi connectivity index (χ1) is 13.2. The molecular weight excluding hydrogens is 336 g/mol. The van der Waals surface area contributed by atoms with E-state index in [1.165, 1.54) is 11.3 Å². The molecule has 1 heterocycles. The van der Waals surface area contributed by atoms with Gasteiger partial charge in [0.25, 0.3) is 0 Å². The second-order valence-electron chi connectivity index (χ2n) is 6.89. The van der Waals surface area contributed by atoms with Crippen LogP contribution in [0.4, 0.5) is 11.4 Å². The zero-order valence-corrected chi connectivity index (χ0v) is 15.8. The Hall–Kier alpha value is -2.84. The van der Waals surface area contributed by atoms with E-state index in [9.17, 15) is 4.79 Å². The first-order valence-electron chi connectivity index (χ1n) is 9.44. The molecule has 0 bridgehead atoms. The topological polar surface area (TPSA) is 50.6 Å². The number of aryl methyl sites for hydroxylation is 1. The summed E-state index contributed by atoms with van der Waals surface area (Å²) >= 11 is 0. The highest BCUT2D eigenvalue weighted by molar-refractivity contribution is 5.94. The summed E-state index contributed by atoms with van der Waals surface area (Å²) < 4.78 is 0. The molecule has 3 rings (SSSR count). The van der Waals surface area contributed by atoms with Crippen molar-refractivity contribution in [2.24, 2.45) is 0 Å². The Morgan fingerprint density at radius 2 is 1.81 bits per heavy atom. The Morgan fingerprint density at radius 1 is 1.07 bits per heavy atom. The lowest BCUT2D eigenvalue weighted by atomic mass is 10.2. The molecule has 1 fully saturated rings. The summed E-state index contributed by atoms with van der Waals surface area (Å²) in [7, 11) is 0. The summed E-state index contributed by atoms with van der Waals surface area (Å²) in [5.41, 5.74) is 3.37. The van der Waals surface area contributed by atoms with Gasteiger partial charge >= 0.3 is 0 Å². The summed E-state index contributed by atoms with van der Waals surface area (Å²) in [4.78, 5) is 19.2. The lowest BCUT2D eigenvalue weighted by molar-refractivity contribution is -0.119. The molecule has 27 heavy (non-hydrogen) atoms. The molecule has 0 saturated carbocycles.